The van der Waals surface area contributed by atoms with Crippen LogP contribution in [0.3, 0.4) is 0 Å². The van der Waals surface area contributed by atoms with Crippen molar-refractivity contribution < 1.29 is 14.3 Å². The maximum atomic E-state index is 12.7. The lowest BCUT2D eigenvalue weighted by Gasteiger charge is -2.22. The zero-order valence-electron chi connectivity index (χ0n) is 14.6. The zero-order valence-corrected chi connectivity index (χ0v) is 14.6. The normalized spacial score (nSPS) is 10.4. The van der Waals surface area contributed by atoms with Gasteiger partial charge in [0, 0.05) is 18.7 Å². The molecule has 0 heterocycles. The van der Waals surface area contributed by atoms with Crippen molar-refractivity contribution in [1.82, 2.24) is 4.90 Å². The maximum Gasteiger partial charge on any atom is 0.307 e. The number of amides is 1. The van der Waals surface area contributed by atoms with Crippen molar-refractivity contribution in [2.75, 3.05) is 19.7 Å². The van der Waals surface area contributed by atoms with Crippen LogP contribution in [0.4, 0.5) is 0 Å². The quantitative estimate of drug-likeness (QED) is 0.484. The Balaban J connectivity index is 2.68. The number of unbranched alkanes of at least 4 members (excludes halogenated alkanes) is 3. The van der Waals surface area contributed by atoms with Crippen molar-refractivity contribution >= 4 is 11.9 Å². The number of nitrogens with zero attached hydrogens (tertiary/aromatic N) is 1. The number of hydrogen-bond donors (Lipinski definition) is 0. The Kier molecular flexibility index (Phi) is 9.03. The molecule has 128 valence electrons. The number of benzene rings is 1. The minimum atomic E-state index is -0.247. The molecule has 0 aliphatic rings. The van der Waals surface area contributed by atoms with E-state index in [2.05, 4.69) is 6.92 Å². The van der Waals surface area contributed by atoms with Crippen LogP contribution in [0.25, 0.3) is 0 Å². The molecule has 1 aromatic rings. The molecule has 0 unspecified atom stereocenters. The van der Waals surface area contributed by atoms with Crippen LogP contribution in [0.1, 0.15) is 61.9 Å². The second-order valence-corrected chi connectivity index (χ2v) is 5.78. The highest BCUT2D eigenvalue weighted by Crippen LogP contribution is 2.11. The lowest BCUT2D eigenvalue weighted by Crippen LogP contribution is -2.34. The van der Waals surface area contributed by atoms with Gasteiger partial charge in [-0.3, -0.25) is 9.59 Å². The summed E-state index contributed by atoms with van der Waals surface area (Å²) in [6.07, 6.45) is 4.65. The summed E-state index contributed by atoms with van der Waals surface area (Å²) in [5.74, 6) is -0.252. The average Bonchev–Trinajstić information content (AvgIpc) is 2.54. The van der Waals surface area contributed by atoms with Gasteiger partial charge in [0.15, 0.2) is 0 Å². The standard InChI is InChI=1S/C19H29NO3/c1-4-6-7-8-13-20(14-12-18(21)23-5-2)19(22)17-11-9-10-16(3)15-17/h9-11,15H,4-8,12-14H2,1-3H3. The molecule has 4 nitrogen and oxygen atoms in total. The molecule has 1 amide bonds. The number of carbonyl (C=O) groups is 2. The first-order valence-electron chi connectivity index (χ1n) is 8.60. The Hall–Kier alpha value is -1.84. The molecular weight excluding hydrogens is 290 g/mol. The highest BCUT2D eigenvalue weighted by Gasteiger charge is 2.17. The molecule has 0 spiro atoms. The van der Waals surface area contributed by atoms with E-state index in [-0.39, 0.29) is 18.3 Å². The third-order valence-electron chi connectivity index (χ3n) is 3.72. The Bertz CT molecular complexity index is 499. The zero-order chi connectivity index (χ0) is 17.1. The number of carbonyl (C=O) groups excluding carboxylic acids is 2. The van der Waals surface area contributed by atoms with E-state index in [4.69, 9.17) is 4.74 Å². The Morgan fingerprint density at radius 2 is 1.87 bits per heavy atom. The summed E-state index contributed by atoms with van der Waals surface area (Å²) in [5.41, 5.74) is 1.75. The van der Waals surface area contributed by atoms with Crippen LogP contribution in [0.2, 0.25) is 0 Å². The van der Waals surface area contributed by atoms with Crippen molar-refractivity contribution in [3.63, 3.8) is 0 Å². The number of hydrogen-bond acceptors (Lipinski definition) is 3. The molecule has 0 bridgehead atoms. The van der Waals surface area contributed by atoms with Gasteiger partial charge in [-0.15, -0.1) is 0 Å². The monoisotopic (exact) mass is 319 g/mol. The van der Waals surface area contributed by atoms with E-state index >= 15 is 0 Å². The van der Waals surface area contributed by atoms with Gasteiger partial charge in [0.05, 0.1) is 13.0 Å². The second kappa shape index (κ2) is 10.8. The number of rotatable bonds is 10. The van der Waals surface area contributed by atoms with Crippen LogP contribution in [0, 0.1) is 6.92 Å². The molecule has 0 aliphatic carbocycles. The number of esters is 1. The first-order chi connectivity index (χ1) is 11.1. The predicted molar refractivity (Wildman–Crippen MR) is 92.5 cm³/mol. The van der Waals surface area contributed by atoms with Crippen LogP contribution >= 0.6 is 0 Å². The lowest BCUT2D eigenvalue weighted by molar-refractivity contribution is -0.143. The molecule has 1 rings (SSSR count). The van der Waals surface area contributed by atoms with Crippen molar-refractivity contribution in [1.29, 1.82) is 0 Å². The first-order valence-corrected chi connectivity index (χ1v) is 8.60. The van der Waals surface area contributed by atoms with Crippen LogP contribution in [0.15, 0.2) is 24.3 Å². The third kappa shape index (κ3) is 7.31. The fourth-order valence-electron chi connectivity index (χ4n) is 2.46. The highest BCUT2D eigenvalue weighted by molar-refractivity contribution is 5.94. The summed E-state index contributed by atoms with van der Waals surface area (Å²) in [5, 5.41) is 0. The highest BCUT2D eigenvalue weighted by atomic mass is 16.5. The van der Waals surface area contributed by atoms with Gasteiger partial charge in [-0.1, -0.05) is 43.9 Å². The smallest absolute Gasteiger partial charge is 0.307 e. The third-order valence-corrected chi connectivity index (χ3v) is 3.72. The summed E-state index contributed by atoms with van der Waals surface area (Å²) < 4.78 is 4.96. The fourth-order valence-corrected chi connectivity index (χ4v) is 2.46. The van der Waals surface area contributed by atoms with Crippen molar-refractivity contribution in [3.05, 3.63) is 35.4 Å². The van der Waals surface area contributed by atoms with E-state index in [1.54, 1.807) is 11.8 Å². The fraction of sp³-hybridized carbons (Fsp3) is 0.579. The second-order valence-electron chi connectivity index (χ2n) is 5.78. The van der Waals surface area contributed by atoms with Crippen LogP contribution in [0.5, 0.6) is 0 Å². The molecule has 0 saturated carbocycles. The van der Waals surface area contributed by atoms with Gasteiger partial charge in [-0.25, -0.2) is 0 Å². The van der Waals surface area contributed by atoms with E-state index in [9.17, 15) is 9.59 Å². The van der Waals surface area contributed by atoms with Gasteiger partial charge >= 0.3 is 5.97 Å². The van der Waals surface area contributed by atoms with E-state index in [1.807, 2.05) is 31.2 Å². The molecule has 0 atom stereocenters. The largest absolute Gasteiger partial charge is 0.466 e. The molecule has 23 heavy (non-hydrogen) atoms. The van der Waals surface area contributed by atoms with Gasteiger partial charge < -0.3 is 9.64 Å². The van der Waals surface area contributed by atoms with E-state index in [0.717, 1.165) is 24.8 Å². The Morgan fingerprint density at radius 1 is 1.09 bits per heavy atom. The summed E-state index contributed by atoms with van der Waals surface area (Å²) in [4.78, 5) is 26.1. The molecule has 0 radical (unpaired) electrons. The van der Waals surface area contributed by atoms with Gasteiger partial charge in [-0.2, -0.15) is 0 Å². The SMILES string of the molecule is CCCCCCN(CCC(=O)OCC)C(=O)c1cccc(C)c1. The Morgan fingerprint density at radius 3 is 2.52 bits per heavy atom. The maximum absolute atomic E-state index is 12.7. The van der Waals surface area contributed by atoms with E-state index in [1.165, 1.54) is 6.42 Å². The average molecular weight is 319 g/mol. The number of aryl methyl sites for hydroxylation is 1. The van der Waals surface area contributed by atoms with Crippen molar-refractivity contribution in [2.24, 2.45) is 0 Å². The summed E-state index contributed by atoms with van der Waals surface area (Å²) >= 11 is 0. The first kappa shape index (κ1) is 19.2. The molecule has 0 aromatic heterocycles. The molecule has 0 saturated heterocycles. The van der Waals surface area contributed by atoms with Gasteiger partial charge in [-0.05, 0) is 32.4 Å². The van der Waals surface area contributed by atoms with Crippen molar-refractivity contribution in [3.8, 4) is 0 Å². The van der Waals surface area contributed by atoms with Crippen LogP contribution in [-0.4, -0.2) is 36.5 Å². The molecule has 4 heteroatoms. The summed E-state index contributed by atoms with van der Waals surface area (Å²) in [6, 6.07) is 7.59. The van der Waals surface area contributed by atoms with Crippen LogP contribution < -0.4 is 0 Å². The molecule has 0 N–H and O–H groups in total. The van der Waals surface area contributed by atoms with Gasteiger partial charge in [0.25, 0.3) is 5.91 Å². The molecule has 1 aromatic carbocycles. The van der Waals surface area contributed by atoms with Crippen molar-refractivity contribution in [2.45, 2.75) is 52.9 Å². The summed E-state index contributed by atoms with van der Waals surface area (Å²) in [6.45, 7) is 7.40. The van der Waals surface area contributed by atoms with Gasteiger partial charge in [0.1, 0.15) is 0 Å². The predicted octanol–water partition coefficient (Wildman–Crippen LogP) is 3.97. The minimum Gasteiger partial charge on any atom is -0.466 e. The summed E-state index contributed by atoms with van der Waals surface area (Å²) in [7, 11) is 0. The molecule has 0 aliphatic heterocycles. The molecular formula is C19H29NO3. The van der Waals surface area contributed by atoms with Crippen LogP contribution in [-0.2, 0) is 9.53 Å². The lowest BCUT2D eigenvalue weighted by atomic mass is 10.1. The van der Waals surface area contributed by atoms with E-state index < -0.39 is 0 Å². The minimum absolute atomic E-state index is 0.00510. The topological polar surface area (TPSA) is 46.6 Å². The Labute approximate surface area is 139 Å². The molecule has 0 fully saturated rings. The number of ether oxygens (including phenoxy) is 1. The van der Waals surface area contributed by atoms with E-state index in [0.29, 0.717) is 25.3 Å². The van der Waals surface area contributed by atoms with Gasteiger partial charge in [0.2, 0.25) is 0 Å².